The Morgan fingerprint density at radius 1 is 1.32 bits per heavy atom. The second-order valence-corrected chi connectivity index (χ2v) is 5.64. The molecule has 0 amide bonds. The van der Waals surface area contributed by atoms with Crippen molar-refractivity contribution in [2.45, 2.75) is 50.3 Å². The van der Waals surface area contributed by atoms with Gasteiger partial charge in [0.1, 0.15) is 0 Å². The zero-order valence-electron chi connectivity index (χ0n) is 10.9. The smallest absolute Gasteiger partial charge is 0.0670 e. The molecule has 2 saturated heterocycles. The number of nitrogen functional groups attached to an aromatic ring is 1. The third-order valence-electron chi connectivity index (χ3n) is 4.40. The maximum absolute atomic E-state index is 9.85. The highest BCUT2D eigenvalue weighted by molar-refractivity contribution is 5.60. The van der Waals surface area contributed by atoms with E-state index in [1.54, 1.807) is 0 Å². The van der Waals surface area contributed by atoms with Crippen molar-refractivity contribution < 1.29 is 5.11 Å². The van der Waals surface area contributed by atoms with E-state index in [-0.39, 0.29) is 6.10 Å². The minimum absolute atomic E-state index is 0.152. The van der Waals surface area contributed by atoms with Gasteiger partial charge >= 0.3 is 0 Å². The molecule has 0 radical (unpaired) electrons. The van der Waals surface area contributed by atoms with Gasteiger partial charge in [0.15, 0.2) is 0 Å². The Bertz CT molecular complexity index is 509. The normalized spacial score (nSPS) is 29.3. The summed E-state index contributed by atoms with van der Waals surface area (Å²) in [5.74, 6) is 0. The Hall–Kier alpha value is -1.73. The van der Waals surface area contributed by atoms with E-state index < -0.39 is 0 Å². The van der Waals surface area contributed by atoms with Crippen LogP contribution >= 0.6 is 0 Å². The maximum Gasteiger partial charge on any atom is 0.0670 e. The molecule has 0 saturated carbocycles. The number of nitrogens with two attached hydrogens (primary N) is 1. The molecule has 0 aromatic heterocycles. The molecule has 2 aliphatic rings. The van der Waals surface area contributed by atoms with Crippen molar-refractivity contribution in [3.8, 4) is 6.07 Å². The van der Waals surface area contributed by atoms with E-state index in [0.717, 1.165) is 36.9 Å². The minimum Gasteiger partial charge on any atom is -0.398 e. The quantitative estimate of drug-likeness (QED) is 0.793. The van der Waals surface area contributed by atoms with Gasteiger partial charge < -0.3 is 15.7 Å². The first kappa shape index (κ1) is 12.3. The summed E-state index contributed by atoms with van der Waals surface area (Å²) in [5.41, 5.74) is 8.65. The molecular weight excluding hydrogens is 238 g/mol. The van der Waals surface area contributed by atoms with Crippen molar-refractivity contribution in [3.05, 3.63) is 23.8 Å². The van der Waals surface area contributed by atoms with E-state index in [1.165, 1.54) is 0 Å². The number of fused-ring (bicyclic) bond motifs is 2. The number of aliphatic hydroxyl groups is 1. The van der Waals surface area contributed by atoms with E-state index >= 15 is 0 Å². The molecule has 3 N–H and O–H groups in total. The predicted molar refractivity (Wildman–Crippen MR) is 74.7 cm³/mol. The first-order chi connectivity index (χ1) is 9.19. The highest BCUT2D eigenvalue weighted by Gasteiger charge is 2.40. The molecular formula is C15H19N3O. The van der Waals surface area contributed by atoms with Crippen LogP contribution in [0.4, 0.5) is 11.4 Å². The topological polar surface area (TPSA) is 73.3 Å². The number of nitrogens with zero attached hydrogens (tertiary/aromatic N) is 2. The molecule has 1 aromatic rings. The van der Waals surface area contributed by atoms with Crippen molar-refractivity contribution in [2.75, 3.05) is 10.6 Å². The molecule has 2 atom stereocenters. The van der Waals surface area contributed by atoms with E-state index in [4.69, 9.17) is 11.0 Å². The van der Waals surface area contributed by atoms with Crippen molar-refractivity contribution in [2.24, 2.45) is 0 Å². The van der Waals surface area contributed by atoms with Crippen LogP contribution in [0.15, 0.2) is 18.2 Å². The number of nitriles is 1. The third kappa shape index (κ3) is 2.15. The Balaban J connectivity index is 1.91. The van der Waals surface area contributed by atoms with E-state index in [1.807, 2.05) is 18.2 Å². The summed E-state index contributed by atoms with van der Waals surface area (Å²) in [6.45, 7) is 0. The second kappa shape index (κ2) is 4.75. The number of piperidine rings is 1. The summed E-state index contributed by atoms with van der Waals surface area (Å²) < 4.78 is 0. The second-order valence-electron chi connectivity index (χ2n) is 5.64. The van der Waals surface area contributed by atoms with Crippen LogP contribution in [0, 0.1) is 11.3 Å². The Morgan fingerprint density at radius 3 is 2.63 bits per heavy atom. The molecule has 2 fully saturated rings. The van der Waals surface area contributed by atoms with Gasteiger partial charge in [0.05, 0.1) is 18.6 Å². The summed E-state index contributed by atoms with van der Waals surface area (Å²) >= 11 is 0. The molecule has 2 aliphatic heterocycles. The lowest BCUT2D eigenvalue weighted by atomic mass is 9.98. The number of aliphatic hydroxyl groups excluding tert-OH is 1. The number of anilines is 2. The fourth-order valence-corrected chi connectivity index (χ4v) is 3.56. The molecule has 3 rings (SSSR count). The van der Waals surface area contributed by atoms with Gasteiger partial charge in [-0.25, -0.2) is 0 Å². The predicted octanol–water partition coefficient (Wildman–Crippen LogP) is 1.83. The van der Waals surface area contributed by atoms with Crippen LogP contribution in [0.5, 0.6) is 0 Å². The van der Waals surface area contributed by atoms with Crippen LogP contribution in [-0.2, 0) is 6.42 Å². The fraction of sp³-hybridized carbons (Fsp3) is 0.533. The molecule has 2 bridgehead atoms. The molecule has 4 nitrogen and oxygen atoms in total. The Morgan fingerprint density at radius 2 is 2.00 bits per heavy atom. The lowest BCUT2D eigenvalue weighted by Gasteiger charge is -2.39. The van der Waals surface area contributed by atoms with Crippen molar-refractivity contribution >= 4 is 11.4 Å². The van der Waals surface area contributed by atoms with Crippen LogP contribution < -0.4 is 10.6 Å². The lowest BCUT2D eigenvalue weighted by Crippen LogP contribution is -2.44. The minimum atomic E-state index is -0.152. The van der Waals surface area contributed by atoms with Crippen LogP contribution in [-0.4, -0.2) is 23.3 Å². The number of hydrogen-bond donors (Lipinski definition) is 2. The molecule has 2 unspecified atom stereocenters. The summed E-state index contributed by atoms with van der Waals surface area (Å²) in [6.07, 6.45) is 4.22. The van der Waals surface area contributed by atoms with Gasteiger partial charge in [0.2, 0.25) is 0 Å². The van der Waals surface area contributed by atoms with E-state index in [0.29, 0.717) is 24.2 Å². The molecule has 19 heavy (non-hydrogen) atoms. The average molecular weight is 257 g/mol. The first-order valence-corrected chi connectivity index (χ1v) is 6.91. The first-order valence-electron chi connectivity index (χ1n) is 6.91. The van der Waals surface area contributed by atoms with Crippen molar-refractivity contribution in [3.63, 3.8) is 0 Å². The number of rotatable bonds is 2. The van der Waals surface area contributed by atoms with Gasteiger partial charge in [0.25, 0.3) is 0 Å². The lowest BCUT2D eigenvalue weighted by molar-refractivity contribution is 0.126. The monoisotopic (exact) mass is 257 g/mol. The molecule has 4 heteroatoms. The summed E-state index contributed by atoms with van der Waals surface area (Å²) in [7, 11) is 0. The van der Waals surface area contributed by atoms with Crippen molar-refractivity contribution in [1.29, 1.82) is 5.26 Å². The van der Waals surface area contributed by atoms with E-state index in [9.17, 15) is 5.11 Å². The van der Waals surface area contributed by atoms with Crippen LogP contribution in [0.1, 0.15) is 31.2 Å². The SMILES string of the molecule is N#CCc1cc(N2C3CCC2CC(O)C3)ccc1N. The summed E-state index contributed by atoms with van der Waals surface area (Å²) in [6, 6.07) is 9.02. The van der Waals surface area contributed by atoms with Gasteiger partial charge in [-0.15, -0.1) is 0 Å². The molecule has 100 valence electrons. The van der Waals surface area contributed by atoms with Gasteiger partial charge in [-0.1, -0.05) is 0 Å². The molecule has 0 spiro atoms. The highest BCUT2D eigenvalue weighted by atomic mass is 16.3. The summed E-state index contributed by atoms with van der Waals surface area (Å²) in [4.78, 5) is 2.42. The van der Waals surface area contributed by atoms with Gasteiger partial charge in [-0.05, 0) is 49.4 Å². The van der Waals surface area contributed by atoms with Crippen molar-refractivity contribution in [1.82, 2.24) is 0 Å². The average Bonchev–Trinajstić information content (AvgIpc) is 2.65. The Labute approximate surface area is 113 Å². The molecule has 2 heterocycles. The van der Waals surface area contributed by atoms with Crippen LogP contribution in [0.3, 0.4) is 0 Å². The Kier molecular flexibility index (Phi) is 3.08. The van der Waals surface area contributed by atoms with Crippen LogP contribution in [0.2, 0.25) is 0 Å². The zero-order valence-corrected chi connectivity index (χ0v) is 10.9. The summed E-state index contributed by atoms with van der Waals surface area (Å²) in [5, 5.41) is 18.7. The van der Waals surface area contributed by atoms with Gasteiger partial charge in [-0.2, -0.15) is 5.26 Å². The van der Waals surface area contributed by atoms with E-state index in [2.05, 4.69) is 11.0 Å². The highest BCUT2D eigenvalue weighted by Crippen LogP contribution is 2.40. The fourth-order valence-electron chi connectivity index (χ4n) is 3.56. The van der Waals surface area contributed by atoms with Crippen LogP contribution in [0.25, 0.3) is 0 Å². The zero-order chi connectivity index (χ0) is 13.4. The molecule has 0 aliphatic carbocycles. The largest absolute Gasteiger partial charge is 0.398 e. The number of benzene rings is 1. The number of hydrogen-bond acceptors (Lipinski definition) is 4. The van der Waals surface area contributed by atoms with Gasteiger partial charge in [0, 0.05) is 23.5 Å². The van der Waals surface area contributed by atoms with Gasteiger partial charge in [-0.3, -0.25) is 0 Å². The standard InChI is InChI=1S/C15H19N3O/c16-6-5-10-7-11(3-4-15(10)17)18-12-1-2-13(18)9-14(19)8-12/h3-4,7,12-14,19H,1-2,5,8-9,17H2. The third-order valence-corrected chi connectivity index (χ3v) is 4.40. The molecule has 1 aromatic carbocycles. The maximum atomic E-state index is 9.85.